The van der Waals surface area contributed by atoms with Crippen molar-refractivity contribution in [3.05, 3.63) is 42.5 Å². The second-order valence-electron chi connectivity index (χ2n) is 10.4. The molecule has 2 aromatic rings. The molecule has 1 amide bonds. The number of piperidine rings is 1. The van der Waals surface area contributed by atoms with E-state index in [0.717, 1.165) is 31.1 Å². The highest BCUT2D eigenvalue weighted by Gasteiger charge is 2.36. The molecule has 0 saturated carbocycles. The molecule has 0 radical (unpaired) electrons. The van der Waals surface area contributed by atoms with Gasteiger partial charge in [0, 0.05) is 19.6 Å². The molecule has 3 atom stereocenters. The lowest BCUT2D eigenvalue weighted by atomic mass is 9.98. The summed E-state index contributed by atoms with van der Waals surface area (Å²) in [4.78, 5) is 40.0. The van der Waals surface area contributed by atoms with Crippen LogP contribution in [0.15, 0.2) is 47.4 Å². The van der Waals surface area contributed by atoms with Crippen LogP contribution in [0.4, 0.5) is 0 Å². The number of carbonyl (C=O) groups is 3. The number of nitrogens with one attached hydrogen (secondary N) is 4. The van der Waals surface area contributed by atoms with Gasteiger partial charge in [0.1, 0.15) is 0 Å². The summed E-state index contributed by atoms with van der Waals surface area (Å²) in [6.07, 6.45) is 3.40. The molecule has 1 fully saturated rings. The molecule has 1 saturated heterocycles. The zero-order valence-corrected chi connectivity index (χ0v) is 24.1. The number of rotatable bonds is 15. The Hall–Kier alpha value is -3.55. The fraction of sp³-hybridized carbons (Fsp3) is 0.500. The molecule has 1 unspecified atom stereocenters. The fourth-order valence-corrected chi connectivity index (χ4v) is 6.13. The summed E-state index contributed by atoms with van der Waals surface area (Å²) in [7, 11) is -4.30. The largest absolute Gasteiger partial charge is 0.480 e. The number of carbonyl (C=O) groups excluding carboxylic acids is 2. The molecule has 0 spiro atoms. The van der Waals surface area contributed by atoms with E-state index in [9.17, 15) is 27.9 Å². The molecule has 1 aliphatic heterocycles. The van der Waals surface area contributed by atoms with E-state index in [2.05, 4.69) is 15.4 Å². The van der Waals surface area contributed by atoms with Crippen molar-refractivity contribution in [1.82, 2.24) is 20.3 Å². The Morgan fingerprint density at radius 3 is 2.56 bits per heavy atom. The Balaban J connectivity index is 1.78. The third-order valence-electron chi connectivity index (χ3n) is 7.17. The van der Waals surface area contributed by atoms with Crippen LogP contribution in [0.5, 0.6) is 0 Å². The molecular formula is C28H40N6O6S. The predicted molar refractivity (Wildman–Crippen MR) is 156 cm³/mol. The highest BCUT2D eigenvalue weighted by atomic mass is 32.2. The van der Waals surface area contributed by atoms with Crippen molar-refractivity contribution >= 4 is 44.4 Å². The smallest absolute Gasteiger partial charge is 0.328 e. The second-order valence-corrected chi connectivity index (χ2v) is 12.1. The lowest BCUT2D eigenvalue weighted by Gasteiger charge is -2.33. The van der Waals surface area contributed by atoms with Crippen molar-refractivity contribution < 1.29 is 27.9 Å². The molecule has 41 heavy (non-hydrogen) atoms. The van der Waals surface area contributed by atoms with Gasteiger partial charge in [-0.1, -0.05) is 50.1 Å². The maximum absolute atomic E-state index is 13.4. The van der Waals surface area contributed by atoms with E-state index in [1.807, 2.05) is 19.1 Å². The van der Waals surface area contributed by atoms with Crippen molar-refractivity contribution in [3.63, 3.8) is 0 Å². The van der Waals surface area contributed by atoms with Crippen LogP contribution in [0.25, 0.3) is 10.8 Å². The summed E-state index contributed by atoms with van der Waals surface area (Å²) < 4.78 is 29.0. The Labute approximate surface area is 240 Å². The lowest BCUT2D eigenvalue weighted by Crippen LogP contribution is -2.54. The first-order valence-electron chi connectivity index (χ1n) is 13.9. The van der Waals surface area contributed by atoms with E-state index in [1.165, 1.54) is 12.1 Å². The number of guanidine groups is 1. The Bertz CT molecular complexity index is 1350. The summed E-state index contributed by atoms with van der Waals surface area (Å²) in [5.74, 6) is -3.02. The molecule has 7 N–H and O–H groups in total. The van der Waals surface area contributed by atoms with E-state index in [-0.39, 0.29) is 29.9 Å². The van der Waals surface area contributed by atoms with Crippen LogP contribution in [-0.2, 0) is 24.4 Å². The van der Waals surface area contributed by atoms with Crippen LogP contribution in [-0.4, -0.2) is 80.3 Å². The van der Waals surface area contributed by atoms with Crippen molar-refractivity contribution in [3.8, 4) is 0 Å². The number of benzene rings is 2. The van der Waals surface area contributed by atoms with Crippen LogP contribution >= 0.6 is 0 Å². The maximum atomic E-state index is 13.4. The number of Topliss-reactive ketones (excluding diaryl/α,β-unsaturated/α-hetero) is 1. The topological polar surface area (TPSA) is 195 Å². The number of fused-ring (bicyclic) bond motifs is 1. The number of likely N-dealkylation sites (tertiary alicyclic amines) is 1. The number of hydrogen-bond acceptors (Lipinski definition) is 7. The third kappa shape index (κ3) is 9.23. The summed E-state index contributed by atoms with van der Waals surface area (Å²) in [6, 6.07) is 8.37. The monoisotopic (exact) mass is 588 g/mol. The molecule has 0 aromatic heterocycles. The van der Waals surface area contributed by atoms with Gasteiger partial charge in [0.05, 0.1) is 17.4 Å². The minimum absolute atomic E-state index is 0.0204. The van der Waals surface area contributed by atoms with Crippen LogP contribution in [0.1, 0.15) is 45.4 Å². The maximum Gasteiger partial charge on any atom is 0.328 e. The normalized spacial score (nSPS) is 17.1. The highest BCUT2D eigenvalue weighted by molar-refractivity contribution is 7.89. The van der Waals surface area contributed by atoms with E-state index >= 15 is 0 Å². The first kappa shape index (κ1) is 32.0. The molecule has 12 nitrogen and oxygen atoms in total. The SMILES string of the molecule is CCCCCN[C@H](C(=O)O)C(=O)C(CC(=O)NC[C@@H]1CCCN(C(=N)N)C1)NS(=O)(=O)c1ccc2ccccc2c1. The molecule has 1 heterocycles. The molecule has 224 valence electrons. The number of unbranched alkanes of at least 4 members (excludes halogenated alkanes) is 2. The van der Waals surface area contributed by atoms with Crippen LogP contribution < -0.4 is 21.1 Å². The minimum Gasteiger partial charge on any atom is -0.480 e. The standard InChI is InChI=1S/C28H40N6O6S/c1-2-3-6-13-31-25(27(37)38)26(36)23(16-24(35)32-17-19-8-7-14-34(18-19)28(29)30)33-41(39,40)22-12-11-20-9-4-5-10-21(20)15-22/h4-5,9-12,15,19,23,25,31,33H,2-3,6-8,13-14,16-18H2,1H3,(H3,29,30)(H,32,35)(H,37,38)/t19-,23?,25-/m0/s1. The molecule has 0 aliphatic carbocycles. The van der Waals surface area contributed by atoms with Gasteiger partial charge in [-0.15, -0.1) is 0 Å². The molecule has 1 aliphatic rings. The Kier molecular flexibility index (Phi) is 11.6. The molecule has 13 heteroatoms. The number of nitrogens with zero attached hydrogens (tertiary/aromatic N) is 1. The van der Waals surface area contributed by atoms with Gasteiger partial charge in [-0.2, -0.15) is 0 Å². The van der Waals surface area contributed by atoms with Crippen LogP contribution in [0, 0.1) is 11.3 Å². The highest BCUT2D eigenvalue weighted by Crippen LogP contribution is 2.20. The van der Waals surface area contributed by atoms with Crippen molar-refractivity contribution in [2.24, 2.45) is 11.7 Å². The average Bonchev–Trinajstić information content (AvgIpc) is 2.95. The first-order valence-corrected chi connectivity index (χ1v) is 15.4. The molecular weight excluding hydrogens is 548 g/mol. The summed E-state index contributed by atoms with van der Waals surface area (Å²) in [5, 5.41) is 24.3. The van der Waals surface area contributed by atoms with Gasteiger partial charge in [0.15, 0.2) is 17.8 Å². The van der Waals surface area contributed by atoms with E-state index in [4.69, 9.17) is 11.1 Å². The molecule has 3 rings (SSSR count). The van der Waals surface area contributed by atoms with Gasteiger partial charge in [-0.25, -0.2) is 13.1 Å². The predicted octanol–water partition coefficient (Wildman–Crippen LogP) is 1.40. The third-order valence-corrected chi connectivity index (χ3v) is 8.64. The number of hydrogen-bond donors (Lipinski definition) is 6. The lowest BCUT2D eigenvalue weighted by molar-refractivity contribution is -0.144. The Morgan fingerprint density at radius 1 is 1.15 bits per heavy atom. The zero-order chi connectivity index (χ0) is 30.0. The number of carboxylic acids is 1. The quantitative estimate of drug-likeness (QED) is 0.0771. The van der Waals surface area contributed by atoms with Gasteiger partial charge < -0.3 is 21.1 Å². The fourth-order valence-electron chi connectivity index (χ4n) is 4.89. The van der Waals surface area contributed by atoms with E-state index in [0.29, 0.717) is 24.9 Å². The van der Waals surface area contributed by atoms with Crippen LogP contribution in [0.2, 0.25) is 0 Å². The van der Waals surface area contributed by atoms with Gasteiger partial charge in [-0.3, -0.25) is 25.1 Å². The zero-order valence-electron chi connectivity index (χ0n) is 23.3. The number of aliphatic carboxylic acids is 1. The number of amides is 1. The van der Waals surface area contributed by atoms with Crippen molar-refractivity contribution in [2.45, 2.75) is 62.4 Å². The van der Waals surface area contributed by atoms with Gasteiger partial charge >= 0.3 is 5.97 Å². The molecule has 2 aromatic carbocycles. The van der Waals surface area contributed by atoms with Gasteiger partial charge in [-0.05, 0) is 54.6 Å². The van der Waals surface area contributed by atoms with Crippen molar-refractivity contribution in [2.75, 3.05) is 26.2 Å². The summed E-state index contributed by atoms with van der Waals surface area (Å²) in [5.41, 5.74) is 5.59. The van der Waals surface area contributed by atoms with Crippen molar-refractivity contribution in [1.29, 1.82) is 5.41 Å². The van der Waals surface area contributed by atoms with Gasteiger partial charge in [0.2, 0.25) is 15.9 Å². The van der Waals surface area contributed by atoms with E-state index in [1.54, 1.807) is 23.1 Å². The summed E-state index contributed by atoms with van der Waals surface area (Å²) >= 11 is 0. The minimum atomic E-state index is -4.30. The second kappa shape index (κ2) is 14.9. The van der Waals surface area contributed by atoms with E-state index < -0.39 is 46.2 Å². The average molecular weight is 589 g/mol. The number of carboxylic acid groups (broad SMARTS) is 1. The number of sulfonamides is 1. The molecule has 0 bridgehead atoms. The summed E-state index contributed by atoms with van der Waals surface area (Å²) in [6.45, 7) is 3.64. The first-order chi connectivity index (χ1) is 19.5. The van der Waals surface area contributed by atoms with Crippen LogP contribution in [0.3, 0.4) is 0 Å². The van der Waals surface area contributed by atoms with Gasteiger partial charge in [0.25, 0.3) is 0 Å². The Morgan fingerprint density at radius 2 is 1.88 bits per heavy atom. The number of ketones is 1. The number of nitrogens with two attached hydrogens (primary N) is 1.